The number of nitrogens with zero attached hydrogens (tertiary/aromatic N) is 2. The molecule has 1 fully saturated rings. The minimum absolute atomic E-state index is 0.112. The van der Waals surface area contributed by atoms with Gasteiger partial charge in [-0.15, -0.1) is 0 Å². The molecule has 2 amide bonds. The minimum atomic E-state index is -0.112. The van der Waals surface area contributed by atoms with Gasteiger partial charge in [-0.05, 0) is 34.5 Å². The van der Waals surface area contributed by atoms with Gasteiger partial charge in [-0.25, -0.2) is 9.78 Å². The first-order valence-corrected chi connectivity index (χ1v) is 7.27. The maximum absolute atomic E-state index is 12.1. The molecule has 0 radical (unpaired) electrons. The van der Waals surface area contributed by atoms with Crippen LogP contribution >= 0.6 is 15.9 Å². The standard InChI is InChI=1S/C13H18BrN3O2/c1-2-3-11-9-17(6-7-19-11)13(18)16-12-5-4-10(14)8-15-12/h4-5,8,11H,2-3,6-7,9H2,1H3,(H,15,16,18)/t11-/m0/s1. The Morgan fingerprint density at radius 3 is 3.16 bits per heavy atom. The van der Waals surface area contributed by atoms with E-state index in [0.717, 1.165) is 17.3 Å². The number of carbonyl (C=O) groups is 1. The molecule has 104 valence electrons. The summed E-state index contributed by atoms with van der Waals surface area (Å²) < 4.78 is 6.51. The van der Waals surface area contributed by atoms with Crippen LogP contribution in [0.15, 0.2) is 22.8 Å². The first-order valence-electron chi connectivity index (χ1n) is 6.48. The first-order chi connectivity index (χ1) is 9.19. The fourth-order valence-electron chi connectivity index (χ4n) is 2.04. The van der Waals surface area contributed by atoms with E-state index >= 15 is 0 Å². The van der Waals surface area contributed by atoms with Gasteiger partial charge in [0.15, 0.2) is 0 Å². The average molecular weight is 328 g/mol. The van der Waals surface area contributed by atoms with Crippen molar-refractivity contribution in [1.29, 1.82) is 0 Å². The Labute approximate surface area is 121 Å². The molecular formula is C13H18BrN3O2. The number of urea groups is 1. The monoisotopic (exact) mass is 327 g/mol. The van der Waals surface area contributed by atoms with Crippen molar-refractivity contribution in [2.45, 2.75) is 25.9 Å². The van der Waals surface area contributed by atoms with Crippen LogP contribution in [-0.4, -0.2) is 41.7 Å². The topological polar surface area (TPSA) is 54.5 Å². The molecule has 0 spiro atoms. The summed E-state index contributed by atoms with van der Waals surface area (Å²) >= 11 is 3.31. The molecule has 0 unspecified atom stereocenters. The Kier molecular flexibility index (Phi) is 5.15. The zero-order valence-corrected chi connectivity index (χ0v) is 12.5. The molecule has 0 saturated carbocycles. The maximum atomic E-state index is 12.1. The van der Waals surface area contributed by atoms with Crippen LogP contribution in [0.3, 0.4) is 0 Å². The molecule has 1 aromatic heterocycles. The predicted molar refractivity (Wildman–Crippen MR) is 77.2 cm³/mol. The van der Waals surface area contributed by atoms with Gasteiger partial charge in [0.25, 0.3) is 0 Å². The van der Waals surface area contributed by atoms with Crippen molar-refractivity contribution in [3.8, 4) is 0 Å². The molecular weight excluding hydrogens is 310 g/mol. The van der Waals surface area contributed by atoms with Gasteiger partial charge in [-0.3, -0.25) is 5.32 Å². The number of halogens is 1. The second kappa shape index (κ2) is 6.86. The van der Waals surface area contributed by atoms with Gasteiger partial charge in [-0.1, -0.05) is 13.3 Å². The SMILES string of the molecule is CCC[C@H]1CN(C(=O)Nc2ccc(Br)cn2)CCO1. The summed E-state index contributed by atoms with van der Waals surface area (Å²) in [6, 6.07) is 3.51. The number of aromatic nitrogens is 1. The number of amides is 2. The van der Waals surface area contributed by atoms with Gasteiger partial charge in [0, 0.05) is 23.8 Å². The third-order valence-electron chi connectivity index (χ3n) is 3.00. The Bertz CT molecular complexity index is 422. The van der Waals surface area contributed by atoms with Crippen molar-refractivity contribution < 1.29 is 9.53 Å². The third-order valence-corrected chi connectivity index (χ3v) is 3.47. The van der Waals surface area contributed by atoms with Crippen molar-refractivity contribution in [3.63, 3.8) is 0 Å². The highest BCUT2D eigenvalue weighted by Gasteiger charge is 2.23. The van der Waals surface area contributed by atoms with Crippen LogP contribution in [-0.2, 0) is 4.74 Å². The lowest BCUT2D eigenvalue weighted by Crippen LogP contribution is -2.47. The summed E-state index contributed by atoms with van der Waals surface area (Å²) in [4.78, 5) is 18.0. The fraction of sp³-hybridized carbons (Fsp3) is 0.538. The normalized spacial score (nSPS) is 19.3. The fourth-order valence-corrected chi connectivity index (χ4v) is 2.27. The molecule has 1 aliphatic rings. The first kappa shape index (κ1) is 14.3. The lowest BCUT2D eigenvalue weighted by atomic mass is 10.2. The van der Waals surface area contributed by atoms with E-state index < -0.39 is 0 Å². The smallest absolute Gasteiger partial charge is 0.323 e. The summed E-state index contributed by atoms with van der Waals surface area (Å²) in [6.45, 7) is 4.00. The number of carbonyl (C=O) groups excluding carboxylic acids is 1. The highest BCUT2D eigenvalue weighted by atomic mass is 79.9. The van der Waals surface area contributed by atoms with Gasteiger partial charge < -0.3 is 9.64 Å². The number of hydrogen-bond acceptors (Lipinski definition) is 3. The second-order valence-corrected chi connectivity index (χ2v) is 5.43. The molecule has 1 saturated heterocycles. The zero-order valence-electron chi connectivity index (χ0n) is 10.9. The quantitative estimate of drug-likeness (QED) is 0.928. The molecule has 2 rings (SSSR count). The largest absolute Gasteiger partial charge is 0.375 e. The van der Waals surface area contributed by atoms with Crippen LogP contribution in [0.4, 0.5) is 10.6 Å². The Morgan fingerprint density at radius 2 is 2.47 bits per heavy atom. The van der Waals surface area contributed by atoms with Gasteiger partial charge in [0.05, 0.1) is 12.7 Å². The lowest BCUT2D eigenvalue weighted by Gasteiger charge is -2.32. The van der Waals surface area contributed by atoms with E-state index in [4.69, 9.17) is 4.74 Å². The minimum Gasteiger partial charge on any atom is -0.375 e. The van der Waals surface area contributed by atoms with Crippen molar-refractivity contribution in [1.82, 2.24) is 9.88 Å². The number of nitrogens with one attached hydrogen (secondary N) is 1. The Hall–Kier alpha value is -1.14. The summed E-state index contributed by atoms with van der Waals surface area (Å²) in [5.74, 6) is 0.562. The van der Waals surface area contributed by atoms with Crippen molar-refractivity contribution in [2.24, 2.45) is 0 Å². The molecule has 1 aromatic rings. The number of anilines is 1. The molecule has 0 aliphatic carbocycles. The lowest BCUT2D eigenvalue weighted by molar-refractivity contribution is -0.0162. The molecule has 1 atom stereocenters. The number of pyridine rings is 1. The van der Waals surface area contributed by atoms with E-state index in [0.29, 0.717) is 25.5 Å². The number of rotatable bonds is 3. The molecule has 19 heavy (non-hydrogen) atoms. The van der Waals surface area contributed by atoms with Gasteiger partial charge >= 0.3 is 6.03 Å². The Morgan fingerprint density at radius 1 is 1.63 bits per heavy atom. The van der Waals surface area contributed by atoms with Crippen LogP contribution in [0.1, 0.15) is 19.8 Å². The molecule has 5 nitrogen and oxygen atoms in total. The van der Waals surface area contributed by atoms with E-state index in [2.05, 4.69) is 33.2 Å². The molecule has 1 aliphatic heterocycles. The molecule has 0 aromatic carbocycles. The van der Waals surface area contributed by atoms with Crippen LogP contribution in [0.25, 0.3) is 0 Å². The molecule has 6 heteroatoms. The summed E-state index contributed by atoms with van der Waals surface area (Å²) in [6.07, 6.45) is 3.87. The molecule has 1 N–H and O–H groups in total. The van der Waals surface area contributed by atoms with Crippen molar-refractivity contribution in [3.05, 3.63) is 22.8 Å². The van der Waals surface area contributed by atoms with E-state index in [-0.39, 0.29) is 12.1 Å². The van der Waals surface area contributed by atoms with E-state index in [1.165, 1.54) is 0 Å². The summed E-state index contributed by atoms with van der Waals surface area (Å²) in [5.41, 5.74) is 0. The number of ether oxygens (including phenoxy) is 1. The van der Waals surface area contributed by atoms with Crippen LogP contribution < -0.4 is 5.32 Å². The third kappa shape index (κ3) is 4.18. The number of hydrogen-bond donors (Lipinski definition) is 1. The van der Waals surface area contributed by atoms with Crippen molar-refractivity contribution in [2.75, 3.05) is 25.0 Å². The summed E-state index contributed by atoms with van der Waals surface area (Å²) in [7, 11) is 0. The highest BCUT2D eigenvalue weighted by Crippen LogP contribution is 2.14. The molecule has 0 bridgehead atoms. The second-order valence-electron chi connectivity index (χ2n) is 4.52. The predicted octanol–water partition coefficient (Wildman–Crippen LogP) is 2.88. The van der Waals surface area contributed by atoms with Crippen molar-refractivity contribution >= 4 is 27.8 Å². The highest BCUT2D eigenvalue weighted by molar-refractivity contribution is 9.10. The molecule has 2 heterocycles. The van der Waals surface area contributed by atoms with Crippen LogP contribution in [0.2, 0.25) is 0 Å². The average Bonchev–Trinajstić information content (AvgIpc) is 2.42. The Balaban J connectivity index is 1.90. The van der Waals surface area contributed by atoms with Gasteiger partial charge in [0.2, 0.25) is 0 Å². The van der Waals surface area contributed by atoms with Gasteiger partial charge in [0.1, 0.15) is 5.82 Å². The van der Waals surface area contributed by atoms with Gasteiger partial charge in [-0.2, -0.15) is 0 Å². The zero-order chi connectivity index (χ0) is 13.7. The van der Waals surface area contributed by atoms with Crippen LogP contribution in [0.5, 0.6) is 0 Å². The maximum Gasteiger partial charge on any atom is 0.323 e. The van der Waals surface area contributed by atoms with E-state index in [1.54, 1.807) is 17.2 Å². The van der Waals surface area contributed by atoms with E-state index in [1.807, 2.05) is 6.07 Å². The summed E-state index contributed by atoms with van der Waals surface area (Å²) in [5, 5.41) is 2.80. The van der Waals surface area contributed by atoms with E-state index in [9.17, 15) is 4.79 Å². The van der Waals surface area contributed by atoms with Crippen LogP contribution in [0, 0.1) is 0 Å². The number of morpholine rings is 1.